The highest BCUT2D eigenvalue weighted by atomic mass is 16.5. The summed E-state index contributed by atoms with van der Waals surface area (Å²) in [6, 6.07) is 26.3. The van der Waals surface area contributed by atoms with Crippen LogP contribution in [0.5, 0.6) is 5.75 Å². The van der Waals surface area contributed by atoms with Crippen molar-refractivity contribution in [2.75, 3.05) is 4.90 Å². The maximum Gasteiger partial charge on any atom is 0.193 e. The molecule has 0 radical (unpaired) electrons. The lowest BCUT2D eigenvalue weighted by Crippen LogP contribution is -2.36. The molecular weight excluding hydrogens is 358 g/mol. The minimum absolute atomic E-state index is 0.0131. The fraction of sp³-hybridized carbons (Fsp3) is 0.240. The molecule has 0 aliphatic rings. The summed E-state index contributed by atoms with van der Waals surface area (Å²) in [4.78, 5) is 1.80. The lowest BCUT2D eigenvalue weighted by Gasteiger charge is -2.24. The second-order valence-electron chi connectivity index (χ2n) is 7.25. The van der Waals surface area contributed by atoms with Crippen LogP contribution >= 0.6 is 0 Å². The number of guanidine groups is 1. The molecule has 4 heteroatoms. The van der Waals surface area contributed by atoms with E-state index in [0.29, 0.717) is 19.1 Å². The number of benzene rings is 3. The Morgan fingerprint density at radius 2 is 1.62 bits per heavy atom. The summed E-state index contributed by atoms with van der Waals surface area (Å²) in [5.41, 5.74) is 10.2. The summed E-state index contributed by atoms with van der Waals surface area (Å²) in [7, 11) is 0. The van der Waals surface area contributed by atoms with Crippen molar-refractivity contribution >= 4 is 11.6 Å². The maximum atomic E-state index is 8.08. The van der Waals surface area contributed by atoms with Crippen LogP contribution in [0.4, 0.5) is 5.69 Å². The topological polar surface area (TPSA) is 62.3 Å². The number of ether oxygens (including phenoxy) is 1. The molecule has 0 fully saturated rings. The SMILES string of the molecule is CCC(C)c1ccc(N(Cc2ccccc2OCc2ccccc2)C(=N)N)cc1. The maximum absolute atomic E-state index is 8.08. The molecule has 3 rings (SSSR count). The molecule has 3 N–H and O–H groups in total. The van der Waals surface area contributed by atoms with E-state index in [9.17, 15) is 0 Å². The van der Waals surface area contributed by atoms with Gasteiger partial charge < -0.3 is 15.4 Å². The Labute approximate surface area is 173 Å². The number of rotatable bonds is 8. The van der Waals surface area contributed by atoms with Gasteiger partial charge >= 0.3 is 0 Å². The van der Waals surface area contributed by atoms with E-state index in [1.54, 1.807) is 4.90 Å². The molecule has 0 heterocycles. The Hall–Kier alpha value is -3.27. The molecule has 4 nitrogen and oxygen atoms in total. The van der Waals surface area contributed by atoms with Gasteiger partial charge in [0.05, 0.1) is 6.54 Å². The zero-order valence-electron chi connectivity index (χ0n) is 17.1. The molecule has 1 atom stereocenters. The predicted molar refractivity (Wildman–Crippen MR) is 120 cm³/mol. The molecule has 0 saturated carbocycles. The van der Waals surface area contributed by atoms with Gasteiger partial charge in [-0.1, -0.05) is 74.5 Å². The van der Waals surface area contributed by atoms with Crippen LogP contribution in [0.15, 0.2) is 78.9 Å². The monoisotopic (exact) mass is 387 g/mol. The van der Waals surface area contributed by atoms with Crippen molar-refractivity contribution in [1.29, 1.82) is 5.41 Å². The van der Waals surface area contributed by atoms with Crippen LogP contribution in [0.25, 0.3) is 0 Å². The minimum atomic E-state index is 0.0131. The van der Waals surface area contributed by atoms with Crippen molar-refractivity contribution in [1.82, 2.24) is 0 Å². The van der Waals surface area contributed by atoms with E-state index in [2.05, 4.69) is 26.0 Å². The summed E-state index contributed by atoms with van der Waals surface area (Å²) in [5, 5.41) is 8.08. The van der Waals surface area contributed by atoms with Crippen molar-refractivity contribution in [2.45, 2.75) is 39.3 Å². The molecule has 0 spiro atoms. The normalized spacial score (nSPS) is 11.7. The fourth-order valence-corrected chi connectivity index (χ4v) is 3.21. The van der Waals surface area contributed by atoms with Gasteiger partial charge in [-0.15, -0.1) is 0 Å². The number of nitrogens with one attached hydrogen (secondary N) is 1. The molecule has 3 aromatic rings. The summed E-state index contributed by atoms with van der Waals surface area (Å²) in [6.45, 7) is 5.38. The highest BCUT2D eigenvalue weighted by Crippen LogP contribution is 2.26. The van der Waals surface area contributed by atoms with Gasteiger partial charge in [-0.05, 0) is 41.7 Å². The second kappa shape index (κ2) is 9.78. The van der Waals surface area contributed by atoms with Gasteiger partial charge in [-0.25, -0.2) is 0 Å². The third-order valence-corrected chi connectivity index (χ3v) is 5.22. The van der Waals surface area contributed by atoms with Gasteiger partial charge in [0.15, 0.2) is 5.96 Å². The molecular formula is C25H29N3O. The van der Waals surface area contributed by atoms with E-state index >= 15 is 0 Å². The number of nitrogens with zero attached hydrogens (tertiary/aromatic N) is 1. The number of nitrogens with two attached hydrogens (primary N) is 1. The molecule has 150 valence electrons. The average Bonchev–Trinajstić information content (AvgIpc) is 2.76. The van der Waals surface area contributed by atoms with Crippen LogP contribution in [-0.4, -0.2) is 5.96 Å². The first kappa shape index (κ1) is 20.5. The smallest absolute Gasteiger partial charge is 0.193 e. The number of hydrogen-bond donors (Lipinski definition) is 2. The molecule has 0 aromatic heterocycles. The van der Waals surface area contributed by atoms with Crippen molar-refractivity contribution in [3.05, 3.63) is 95.6 Å². The van der Waals surface area contributed by atoms with Gasteiger partial charge in [0, 0.05) is 11.3 Å². The van der Waals surface area contributed by atoms with Gasteiger partial charge in [-0.2, -0.15) is 0 Å². The number of hydrogen-bond acceptors (Lipinski definition) is 2. The van der Waals surface area contributed by atoms with E-state index in [4.69, 9.17) is 15.9 Å². The Balaban J connectivity index is 1.78. The first-order chi connectivity index (χ1) is 14.1. The van der Waals surface area contributed by atoms with Gasteiger partial charge in [0.2, 0.25) is 0 Å². The minimum Gasteiger partial charge on any atom is -0.489 e. The van der Waals surface area contributed by atoms with Crippen molar-refractivity contribution in [2.24, 2.45) is 5.73 Å². The lowest BCUT2D eigenvalue weighted by molar-refractivity contribution is 0.303. The molecule has 3 aromatic carbocycles. The van der Waals surface area contributed by atoms with Crippen molar-refractivity contribution in [3.8, 4) is 5.75 Å². The summed E-state index contributed by atoms with van der Waals surface area (Å²) in [5.74, 6) is 1.33. The first-order valence-corrected chi connectivity index (χ1v) is 10.0. The van der Waals surface area contributed by atoms with E-state index < -0.39 is 0 Å². The van der Waals surface area contributed by atoms with Gasteiger partial charge in [0.1, 0.15) is 12.4 Å². The number of anilines is 1. The van der Waals surface area contributed by atoms with Crippen LogP contribution in [0.3, 0.4) is 0 Å². The Bertz CT molecular complexity index is 922. The summed E-state index contributed by atoms with van der Waals surface area (Å²) < 4.78 is 6.07. The fourth-order valence-electron chi connectivity index (χ4n) is 3.21. The van der Waals surface area contributed by atoms with E-state index in [1.165, 1.54) is 5.56 Å². The molecule has 0 bridgehead atoms. The Morgan fingerprint density at radius 1 is 0.966 bits per heavy atom. The first-order valence-electron chi connectivity index (χ1n) is 10.0. The van der Waals surface area contributed by atoms with Crippen molar-refractivity contribution < 1.29 is 4.74 Å². The molecule has 29 heavy (non-hydrogen) atoms. The van der Waals surface area contributed by atoms with E-state index in [0.717, 1.165) is 29.0 Å². The Kier molecular flexibility index (Phi) is 6.90. The molecule has 0 aliphatic carbocycles. The summed E-state index contributed by atoms with van der Waals surface area (Å²) >= 11 is 0. The van der Waals surface area contributed by atoms with Crippen LogP contribution in [0, 0.1) is 5.41 Å². The number of para-hydroxylation sites is 1. The molecule has 1 unspecified atom stereocenters. The standard InChI is InChI=1S/C25H29N3O/c1-3-19(2)21-13-15-23(16-14-21)28(25(26)27)17-22-11-7-8-12-24(22)29-18-20-9-5-4-6-10-20/h4-16,19H,3,17-18H2,1-2H3,(H3,26,27). The van der Waals surface area contributed by atoms with Gasteiger partial charge in [0.25, 0.3) is 0 Å². The van der Waals surface area contributed by atoms with E-state index in [1.807, 2.05) is 66.7 Å². The molecule has 0 aliphatic heterocycles. The van der Waals surface area contributed by atoms with Crippen molar-refractivity contribution in [3.63, 3.8) is 0 Å². The average molecular weight is 388 g/mol. The van der Waals surface area contributed by atoms with Crippen LogP contribution in [-0.2, 0) is 13.2 Å². The molecule has 0 saturated heterocycles. The van der Waals surface area contributed by atoms with E-state index in [-0.39, 0.29) is 5.96 Å². The van der Waals surface area contributed by atoms with Gasteiger partial charge in [-0.3, -0.25) is 5.41 Å². The second-order valence-corrected chi connectivity index (χ2v) is 7.25. The third-order valence-electron chi connectivity index (χ3n) is 5.22. The van der Waals surface area contributed by atoms with Crippen LogP contribution in [0.2, 0.25) is 0 Å². The zero-order chi connectivity index (χ0) is 20.6. The Morgan fingerprint density at radius 3 is 2.28 bits per heavy atom. The predicted octanol–water partition coefficient (Wildman–Crippen LogP) is 5.68. The van der Waals surface area contributed by atoms with Crippen LogP contribution < -0.4 is 15.4 Å². The third kappa shape index (κ3) is 5.38. The summed E-state index contributed by atoms with van der Waals surface area (Å²) in [6.07, 6.45) is 1.10. The molecule has 0 amide bonds. The quantitative estimate of drug-likeness (QED) is 0.386. The zero-order valence-corrected chi connectivity index (χ0v) is 17.1. The largest absolute Gasteiger partial charge is 0.489 e. The highest BCUT2D eigenvalue weighted by molar-refractivity contribution is 5.92. The highest BCUT2D eigenvalue weighted by Gasteiger charge is 2.14. The van der Waals surface area contributed by atoms with Crippen LogP contribution in [0.1, 0.15) is 42.9 Å². The lowest BCUT2D eigenvalue weighted by atomic mass is 9.98.